The fourth-order valence-corrected chi connectivity index (χ4v) is 3.62. The molecule has 1 heterocycles. The highest BCUT2D eigenvalue weighted by molar-refractivity contribution is 9.10. The van der Waals surface area contributed by atoms with Crippen LogP contribution in [0.2, 0.25) is 0 Å². The van der Waals surface area contributed by atoms with E-state index in [1.807, 2.05) is 7.05 Å². The number of rotatable bonds is 2. The van der Waals surface area contributed by atoms with Gasteiger partial charge in [0, 0.05) is 28.3 Å². The maximum absolute atomic E-state index is 4.98. The Morgan fingerprint density at radius 2 is 2.05 bits per heavy atom. The number of nitrogens with one attached hydrogen (secondary N) is 1. The Bertz CT molecular complexity index is 634. The first-order valence-electron chi connectivity index (χ1n) is 7.06. The topological polar surface area (TPSA) is 24.9 Å². The first-order valence-corrected chi connectivity index (χ1v) is 7.85. The third-order valence-electron chi connectivity index (χ3n) is 4.04. The summed E-state index contributed by atoms with van der Waals surface area (Å²) in [5.74, 6) is 0. The van der Waals surface area contributed by atoms with Crippen LogP contribution in [0.15, 0.2) is 16.6 Å². The van der Waals surface area contributed by atoms with Crippen LogP contribution in [0.1, 0.15) is 36.6 Å². The van der Waals surface area contributed by atoms with Crippen LogP contribution in [0.3, 0.4) is 0 Å². The highest BCUT2D eigenvalue weighted by Crippen LogP contribution is 2.36. The second kappa shape index (κ2) is 5.12. The summed E-state index contributed by atoms with van der Waals surface area (Å²) < 4.78 is 1.14. The van der Waals surface area contributed by atoms with Gasteiger partial charge in [-0.05, 0) is 55.4 Å². The van der Waals surface area contributed by atoms with E-state index in [-0.39, 0.29) is 0 Å². The maximum Gasteiger partial charge on any atom is 0.0758 e. The Hall–Kier alpha value is -1.09. The molecule has 0 unspecified atom stereocenters. The molecule has 100 valence electrons. The molecule has 3 rings (SSSR count). The zero-order chi connectivity index (χ0) is 13.4. The maximum atomic E-state index is 4.98. The molecule has 0 amide bonds. The van der Waals surface area contributed by atoms with Crippen LogP contribution in [0, 0.1) is 0 Å². The van der Waals surface area contributed by atoms with E-state index in [4.69, 9.17) is 4.98 Å². The van der Waals surface area contributed by atoms with Crippen LogP contribution in [-0.2, 0) is 19.3 Å². The lowest BCUT2D eigenvalue weighted by Gasteiger charge is -2.21. The number of hydrogen-bond donors (Lipinski definition) is 1. The van der Waals surface area contributed by atoms with Crippen molar-refractivity contribution in [1.29, 1.82) is 0 Å². The van der Waals surface area contributed by atoms with Gasteiger partial charge in [-0.2, -0.15) is 0 Å². The molecule has 0 saturated heterocycles. The molecule has 0 aliphatic heterocycles. The average molecular weight is 319 g/mol. The van der Waals surface area contributed by atoms with Crippen molar-refractivity contribution in [3.05, 3.63) is 33.4 Å². The molecule has 2 aromatic rings. The van der Waals surface area contributed by atoms with Crippen LogP contribution in [0.25, 0.3) is 10.9 Å². The summed E-state index contributed by atoms with van der Waals surface area (Å²) in [6, 6.07) is 4.40. The van der Waals surface area contributed by atoms with Gasteiger partial charge in [0.15, 0.2) is 0 Å². The van der Waals surface area contributed by atoms with Crippen molar-refractivity contribution in [3.8, 4) is 0 Å². The minimum Gasteiger partial charge on any atom is -0.387 e. The number of anilines is 1. The highest BCUT2D eigenvalue weighted by atomic mass is 79.9. The van der Waals surface area contributed by atoms with Gasteiger partial charge in [0.2, 0.25) is 0 Å². The van der Waals surface area contributed by atoms with E-state index < -0.39 is 0 Å². The molecular formula is C16H19BrN2. The molecule has 0 atom stereocenters. The van der Waals surface area contributed by atoms with E-state index >= 15 is 0 Å². The molecule has 0 saturated carbocycles. The molecule has 3 heteroatoms. The Balaban J connectivity index is 2.39. The molecule has 1 aliphatic rings. The summed E-state index contributed by atoms with van der Waals surface area (Å²) in [5.41, 5.74) is 6.53. The van der Waals surface area contributed by atoms with Crippen molar-refractivity contribution in [2.24, 2.45) is 0 Å². The number of benzene rings is 1. The number of nitrogens with zero attached hydrogens (tertiary/aromatic N) is 1. The average Bonchev–Trinajstić information content (AvgIpc) is 2.44. The third-order valence-corrected chi connectivity index (χ3v) is 4.50. The number of aryl methyl sites for hydroxylation is 2. The monoisotopic (exact) mass is 318 g/mol. The van der Waals surface area contributed by atoms with Gasteiger partial charge in [-0.3, -0.25) is 4.98 Å². The lowest BCUT2D eigenvalue weighted by molar-refractivity contribution is 0.672. The lowest BCUT2D eigenvalue weighted by Crippen LogP contribution is -2.10. The quantitative estimate of drug-likeness (QED) is 0.883. The SMILES string of the molecule is CCc1cc(Br)cc2c(NC)c3c(nc12)CCCC3. The largest absolute Gasteiger partial charge is 0.387 e. The van der Waals surface area contributed by atoms with Crippen molar-refractivity contribution >= 4 is 32.5 Å². The van der Waals surface area contributed by atoms with Gasteiger partial charge >= 0.3 is 0 Å². The van der Waals surface area contributed by atoms with E-state index in [1.165, 1.54) is 46.3 Å². The molecule has 1 aromatic carbocycles. The summed E-state index contributed by atoms with van der Waals surface area (Å²) in [7, 11) is 2.02. The predicted molar refractivity (Wildman–Crippen MR) is 85.0 cm³/mol. The van der Waals surface area contributed by atoms with Crippen molar-refractivity contribution in [1.82, 2.24) is 4.98 Å². The zero-order valence-electron chi connectivity index (χ0n) is 11.5. The second-order valence-electron chi connectivity index (χ2n) is 5.18. The normalized spacial score (nSPS) is 14.5. The molecule has 0 radical (unpaired) electrons. The molecule has 0 fully saturated rings. The van der Waals surface area contributed by atoms with E-state index in [0.717, 1.165) is 23.7 Å². The van der Waals surface area contributed by atoms with Gasteiger partial charge in [-0.1, -0.05) is 22.9 Å². The van der Waals surface area contributed by atoms with Crippen LogP contribution < -0.4 is 5.32 Å². The standard InChI is InChI=1S/C16H19BrN2/c1-3-10-8-11(17)9-13-15(10)19-14-7-5-4-6-12(14)16(13)18-2/h8-9H,3-7H2,1-2H3,(H,18,19). The summed E-state index contributed by atoms with van der Waals surface area (Å²) in [5, 5.41) is 4.67. The molecule has 19 heavy (non-hydrogen) atoms. The second-order valence-corrected chi connectivity index (χ2v) is 6.10. The molecule has 0 spiro atoms. The molecule has 2 nitrogen and oxygen atoms in total. The number of pyridine rings is 1. The minimum absolute atomic E-state index is 1.02. The Morgan fingerprint density at radius 3 is 2.79 bits per heavy atom. The Morgan fingerprint density at radius 1 is 1.26 bits per heavy atom. The van der Waals surface area contributed by atoms with Gasteiger partial charge in [0.1, 0.15) is 0 Å². The molecule has 1 aliphatic carbocycles. The van der Waals surface area contributed by atoms with E-state index in [0.29, 0.717) is 0 Å². The fraction of sp³-hybridized carbons (Fsp3) is 0.438. The third kappa shape index (κ3) is 2.14. The molecule has 0 bridgehead atoms. The van der Waals surface area contributed by atoms with Gasteiger partial charge in [0.25, 0.3) is 0 Å². The van der Waals surface area contributed by atoms with Crippen molar-refractivity contribution in [3.63, 3.8) is 0 Å². The molecule has 1 N–H and O–H groups in total. The number of hydrogen-bond acceptors (Lipinski definition) is 2. The first kappa shape index (κ1) is 12.9. The van der Waals surface area contributed by atoms with Crippen LogP contribution in [0.4, 0.5) is 5.69 Å². The number of fused-ring (bicyclic) bond motifs is 2. The van der Waals surface area contributed by atoms with Crippen molar-refractivity contribution in [2.75, 3.05) is 12.4 Å². The fourth-order valence-electron chi connectivity index (χ4n) is 3.11. The zero-order valence-corrected chi connectivity index (χ0v) is 13.1. The van der Waals surface area contributed by atoms with E-state index in [9.17, 15) is 0 Å². The van der Waals surface area contributed by atoms with E-state index in [1.54, 1.807) is 0 Å². The lowest BCUT2D eigenvalue weighted by atomic mass is 9.92. The van der Waals surface area contributed by atoms with Gasteiger partial charge < -0.3 is 5.32 Å². The van der Waals surface area contributed by atoms with Crippen LogP contribution >= 0.6 is 15.9 Å². The number of halogens is 1. The summed E-state index contributed by atoms with van der Waals surface area (Å²) in [6.07, 6.45) is 5.85. The number of aromatic nitrogens is 1. The van der Waals surface area contributed by atoms with Crippen molar-refractivity contribution < 1.29 is 0 Å². The van der Waals surface area contributed by atoms with Crippen molar-refractivity contribution in [2.45, 2.75) is 39.0 Å². The molecular weight excluding hydrogens is 300 g/mol. The van der Waals surface area contributed by atoms with E-state index in [2.05, 4.69) is 40.3 Å². The Kier molecular flexibility index (Phi) is 3.48. The smallest absolute Gasteiger partial charge is 0.0758 e. The summed E-state index contributed by atoms with van der Waals surface area (Å²) in [6.45, 7) is 2.20. The van der Waals surface area contributed by atoms with Crippen LogP contribution in [0.5, 0.6) is 0 Å². The highest BCUT2D eigenvalue weighted by Gasteiger charge is 2.18. The summed E-state index contributed by atoms with van der Waals surface area (Å²) >= 11 is 3.63. The van der Waals surface area contributed by atoms with Crippen LogP contribution in [-0.4, -0.2) is 12.0 Å². The van der Waals surface area contributed by atoms with Gasteiger partial charge in [-0.15, -0.1) is 0 Å². The molecule has 1 aromatic heterocycles. The summed E-state index contributed by atoms with van der Waals surface area (Å²) in [4.78, 5) is 4.98. The predicted octanol–water partition coefficient (Wildman–Crippen LogP) is 4.48. The van der Waals surface area contributed by atoms with Gasteiger partial charge in [0.05, 0.1) is 5.52 Å². The van der Waals surface area contributed by atoms with Gasteiger partial charge in [-0.25, -0.2) is 0 Å². The Labute approximate surface area is 122 Å². The first-order chi connectivity index (χ1) is 9.24. The minimum atomic E-state index is 1.02.